The van der Waals surface area contributed by atoms with Crippen molar-refractivity contribution in [3.05, 3.63) is 23.4 Å². The standard InChI is InChI=1S/C12H15N3O/c1-3-15(6-4-5-13)12-10(2)7-11(9-16)8-14-12/h7-9H,3-4,6H2,1-2H3. The van der Waals surface area contributed by atoms with Crippen molar-refractivity contribution in [1.82, 2.24) is 4.98 Å². The van der Waals surface area contributed by atoms with Crippen molar-refractivity contribution in [2.75, 3.05) is 18.0 Å². The van der Waals surface area contributed by atoms with Gasteiger partial charge in [0.2, 0.25) is 0 Å². The van der Waals surface area contributed by atoms with Crippen LogP contribution in [0.3, 0.4) is 0 Å². The second-order valence-electron chi connectivity index (χ2n) is 3.51. The molecule has 0 N–H and O–H groups in total. The zero-order chi connectivity index (χ0) is 12.0. The number of rotatable bonds is 5. The largest absolute Gasteiger partial charge is 0.356 e. The molecule has 1 heterocycles. The van der Waals surface area contributed by atoms with Gasteiger partial charge in [0, 0.05) is 24.8 Å². The zero-order valence-corrected chi connectivity index (χ0v) is 9.60. The van der Waals surface area contributed by atoms with E-state index in [2.05, 4.69) is 11.1 Å². The Balaban J connectivity index is 2.93. The van der Waals surface area contributed by atoms with Crippen molar-refractivity contribution in [1.29, 1.82) is 5.26 Å². The fraction of sp³-hybridized carbons (Fsp3) is 0.417. The van der Waals surface area contributed by atoms with Gasteiger partial charge in [-0.25, -0.2) is 4.98 Å². The maximum absolute atomic E-state index is 10.6. The summed E-state index contributed by atoms with van der Waals surface area (Å²) in [5.74, 6) is 0.850. The third-order valence-electron chi connectivity index (χ3n) is 2.38. The smallest absolute Gasteiger partial charge is 0.151 e. The number of carbonyl (C=O) groups is 1. The summed E-state index contributed by atoms with van der Waals surface area (Å²) in [6.07, 6.45) is 2.82. The van der Waals surface area contributed by atoms with Crippen molar-refractivity contribution in [2.45, 2.75) is 20.3 Å². The van der Waals surface area contributed by atoms with Crippen LogP contribution in [0.1, 0.15) is 29.3 Å². The van der Waals surface area contributed by atoms with Crippen molar-refractivity contribution < 1.29 is 4.79 Å². The molecule has 0 saturated heterocycles. The summed E-state index contributed by atoms with van der Waals surface area (Å²) < 4.78 is 0. The number of hydrogen-bond acceptors (Lipinski definition) is 4. The average Bonchev–Trinajstić information content (AvgIpc) is 2.31. The molecule has 4 heteroatoms. The number of aryl methyl sites for hydroxylation is 1. The van der Waals surface area contributed by atoms with Gasteiger partial charge in [0.15, 0.2) is 6.29 Å². The molecule has 0 radical (unpaired) electrons. The quantitative estimate of drug-likeness (QED) is 0.707. The van der Waals surface area contributed by atoms with Gasteiger partial charge in [-0.2, -0.15) is 5.26 Å². The monoisotopic (exact) mass is 217 g/mol. The lowest BCUT2D eigenvalue weighted by Crippen LogP contribution is -2.25. The molecule has 0 atom stereocenters. The van der Waals surface area contributed by atoms with Crippen LogP contribution in [0, 0.1) is 18.3 Å². The molecule has 0 spiro atoms. The molecule has 0 unspecified atom stereocenters. The Hall–Kier alpha value is -1.89. The fourth-order valence-corrected chi connectivity index (χ4v) is 1.58. The molecular formula is C12H15N3O. The molecule has 0 amide bonds. The zero-order valence-electron chi connectivity index (χ0n) is 9.60. The summed E-state index contributed by atoms with van der Waals surface area (Å²) in [7, 11) is 0. The molecule has 0 aliphatic carbocycles. The van der Waals surface area contributed by atoms with Crippen molar-refractivity contribution in [2.24, 2.45) is 0 Å². The fourth-order valence-electron chi connectivity index (χ4n) is 1.58. The molecule has 16 heavy (non-hydrogen) atoms. The minimum Gasteiger partial charge on any atom is -0.356 e. The van der Waals surface area contributed by atoms with Crippen LogP contribution in [0.4, 0.5) is 5.82 Å². The van der Waals surface area contributed by atoms with Crippen LogP contribution in [0.25, 0.3) is 0 Å². The molecule has 4 nitrogen and oxygen atoms in total. The maximum atomic E-state index is 10.6. The molecule has 0 aliphatic rings. The van der Waals surface area contributed by atoms with E-state index >= 15 is 0 Å². The number of nitriles is 1. The van der Waals surface area contributed by atoms with E-state index in [0.29, 0.717) is 18.5 Å². The lowest BCUT2D eigenvalue weighted by Gasteiger charge is -2.22. The van der Waals surface area contributed by atoms with Crippen molar-refractivity contribution in [3.8, 4) is 6.07 Å². The Labute approximate surface area is 95.5 Å². The van der Waals surface area contributed by atoms with Crippen LogP contribution in [0.15, 0.2) is 12.3 Å². The SMILES string of the molecule is CCN(CCC#N)c1ncc(C=O)cc1C. The van der Waals surface area contributed by atoms with Gasteiger partial charge in [-0.15, -0.1) is 0 Å². The number of anilines is 1. The van der Waals surface area contributed by atoms with Crippen LogP contribution in [0.2, 0.25) is 0 Å². The summed E-state index contributed by atoms with van der Waals surface area (Å²) in [4.78, 5) is 16.9. The number of aromatic nitrogens is 1. The highest BCUT2D eigenvalue weighted by Crippen LogP contribution is 2.17. The van der Waals surface area contributed by atoms with E-state index < -0.39 is 0 Å². The Morgan fingerprint density at radius 3 is 2.88 bits per heavy atom. The van der Waals surface area contributed by atoms with Crippen molar-refractivity contribution in [3.63, 3.8) is 0 Å². The minimum atomic E-state index is 0.477. The van der Waals surface area contributed by atoms with E-state index in [0.717, 1.165) is 24.2 Å². The van der Waals surface area contributed by atoms with Crippen LogP contribution >= 0.6 is 0 Å². The van der Waals surface area contributed by atoms with Crippen LogP contribution < -0.4 is 4.90 Å². The normalized spacial score (nSPS) is 9.56. The third kappa shape index (κ3) is 2.80. The predicted octanol–water partition coefficient (Wildman–Crippen LogP) is 1.94. The Kier molecular flexibility index (Phi) is 4.46. The van der Waals surface area contributed by atoms with Gasteiger partial charge in [-0.1, -0.05) is 0 Å². The molecule has 1 aromatic heterocycles. The van der Waals surface area contributed by atoms with Gasteiger partial charge in [0.05, 0.1) is 12.5 Å². The minimum absolute atomic E-state index is 0.477. The first kappa shape index (κ1) is 12.2. The van der Waals surface area contributed by atoms with Gasteiger partial charge in [-0.05, 0) is 25.5 Å². The Morgan fingerprint density at radius 2 is 2.38 bits per heavy atom. The Bertz CT molecular complexity index is 409. The van der Waals surface area contributed by atoms with Crippen LogP contribution in [-0.2, 0) is 0 Å². The van der Waals surface area contributed by atoms with Crippen LogP contribution in [0.5, 0.6) is 0 Å². The lowest BCUT2D eigenvalue weighted by molar-refractivity contribution is 0.112. The van der Waals surface area contributed by atoms with Crippen LogP contribution in [-0.4, -0.2) is 24.4 Å². The topological polar surface area (TPSA) is 57.0 Å². The molecule has 0 saturated carbocycles. The molecule has 0 fully saturated rings. The van der Waals surface area contributed by atoms with E-state index in [1.165, 1.54) is 0 Å². The summed E-state index contributed by atoms with van der Waals surface area (Å²) in [5, 5.41) is 8.57. The molecule has 0 aromatic carbocycles. The second-order valence-corrected chi connectivity index (χ2v) is 3.51. The number of hydrogen-bond donors (Lipinski definition) is 0. The first-order valence-electron chi connectivity index (χ1n) is 5.26. The summed E-state index contributed by atoms with van der Waals surface area (Å²) in [5.41, 5.74) is 1.54. The average molecular weight is 217 g/mol. The highest BCUT2D eigenvalue weighted by Gasteiger charge is 2.08. The molecule has 0 bridgehead atoms. The van der Waals surface area contributed by atoms with Gasteiger partial charge in [0.25, 0.3) is 0 Å². The van der Waals surface area contributed by atoms with Crippen molar-refractivity contribution >= 4 is 12.1 Å². The first-order chi connectivity index (χ1) is 7.72. The summed E-state index contributed by atoms with van der Waals surface area (Å²) in [6.45, 7) is 5.41. The molecule has 1 aromatic rings. The number of carbonyl (C=O) groups excluding carboxylic acids is 1. The highest BCUT2D eigenvalue weighted by molar-refractivity contribution is 5.75. The van der Waals surface area contributed by atoms with Gasteiger partial charge >= 0.3 is 0 Å². The van der Waals surface area contributed by atoms with Gasteiger partial charge in [0.1, 0.15) is 5.82 Å². The molecular weight excluding hydrogens is 202 g/mol. The number of aldehydes is 1. The number of nitrogens with zero attached hydrogens (tertiary/aromatic N) is 3. The predicted molar refractivity (Wildman–Crippen MR) is 62.5 cm³/mol. The molecule has 0 aliphatic heterocycles. The Morgan fingerprint density at radius 1 is 1.62 bits per heavy atom. The maximum Gasteiger partial charge on any atom is 0.151 e. The second kappa shape index (κ2) is 5.86. The molecule has 1 rings (SSSR count). The van der Waals surface area contributed by atoms with E-state index in [4.69, 9.17) is 5.26 Å². The number of pyridine rings is 1. The summed E-state index contributed by atoms with van der Waals surface area (Å²) in [6, 6.07) is 3.93. The lowest BCUT2D eigenvalue weighted by atomic mass is 10.2. The van der Waals surface area contributed by atoms with E-state index in [1.807, 2.05) is 24.8 Å². The van der Waals surface area contributed by atoms with E-state index in [1.54, 1.807) is 6.20 Å². The first-order valence-corrected chi connectivity index (χ1v) is 5.26. The van der Waals surface area contributed by atoms with E-state index in [-0.39, 0.29) is 0 Å². The third-order valence-corrected chi connectivity index (χ3v) is 2.38. The van der Waals surface area contributed by atoms with Gasteiger partial charge in [-0.3, -0.25) is 4.79 Å². The highest BCUT2D eigenvalue weighted by atomic mass is 16.1. The van der Waals surface area contributed by atoms with E-state index in [9.17, 15) is 4.79 Å². The van der Waals surface area contributed by atoms with Gasteiger partial charge < -0.3 is 4.90 Å². The molecule has 84 valence electrons. The summed E-state index contributed by atoms with van der Waals surface area (Å²) >= 11 is 0.